The van der Waals surface area contributed by atoms with Crippen molar-refractivity contribution < 1.29 is 57.8 Å². The van der Waals surface area contributed by atoms with E-state index in [1.807, 2.05) is 0 Å². The maximum Gasteiger partial charge on any atom is 0.246 e. The Morgan fingerprint density at radius 1 is 0.721 bits per heavy atom. The zero-order valence-corrected chi connectivity index (χ0v) is 39.5. The fourth-order valence-corrected chi connectivity index (χ4v) is 10.1. The number of amides is 11. The molecule has 9 atom stereocenters. The molecule has 374 valence electrons. The molecule has 0 saturated carbocycles. The van der Waals surface area contributed by atoms with Crippen LogP contribution in [0.5, 0.6) is 5.75 Å². The van der Waals surface area contributed by atoms with Crippen LogP contribution in [0.2, 0.25) is 0 Å². The smallest absolute Gasteiger partial charge is 0.246 e. The number of carbonyl (C=O) groups excluding carboxylic acids is 11. The van der Waals surface area contributed by atoms with Gasteiger partial charge in [-0.2, -0.15) is 0 Å². The summed E-state index contributed by atoms with van der Waals surface area (Å²) >= 11 is 0. The number of benzene rings is 1. The number of rotatable bonds is 14. The monoisotopic (exact) mass is 990 g/mol. The van der Waals surface area contributed by atoms with Crippen LogP contribution in [0.4, 0.5) is 0 Å². The van der Waals surface area contributed by atoms with Gasteiger partial charge < -0.3 is 69.7 Å². The highest BCUT2D eigenvalue weighted by Crippen LogP contribution is 2.28. The Morgan fingerprint density at radius 3 is 1.91 bits per heavy atom. The number of nitrogens with two attached hydrogens (primary N) is 4. The van der Waals surface area contributed by atoms with Gasteiger partial charge in [0, 0.05) is 37.4 Å². The lowest BCUT2D eigenvalue weighted by molar-refractivity contribution is -0.147. The first-order chi connectivity index (χ1) is 32.2. The summed E-state index contributed by atoms with van der Waals surface area (Å²) in [6.07, 6.45) is 0.00339. The van der Waals surface area contributed by atoms with Crippen molar-refractivity contribution in [1.29, 1.82) is 0 Å². The van der Waals surface area contributed by atoms with Crippen LogP contribution in [0, 0.1) is 5.92 Å². The van der Waals surface area contributed by atoms with E-state index < -0.39 is 139 Å². The lowest BCUT2D eigenvalue weighted by Gasteiger charge is -2.33. The number of hydrogen-bond donors (Lipinski definition) is 11. The highest BCUT2D eigenvalue weighted by molar-refractivity contribution is 8.76. The zero-order chi connectivity index (χ0) is 50.2. The number of hydrogen-bond acceptors (Lipinski definition) is 15. The van der Waals surface area contributed by atoms with E-state index in [9.17, 15) is 57.8 Å². The molecule has 0 unspecified atom stereocenters. The Morgan fingerprint density at radius 2 is 1.29 bits per heavy atom. The van der Waals surface area contributed by atoms with Gasteiger partial charge in [-0.05, 0) is 55.7 Å². The van der Waals surface area contributed by atoms with E-state index in [4.69, 9.17) is 22.9 Å². The summed E-state index contributed by atoms with van der Waals surface area (Å²) < 4.78 is 0. The van der Waals surface area contributed by atoms with Crippen LogP contribution < -0.4 is 54.8 Å². The number of phenols is 1. The molecule has 3 aliphatic heterocycles. The summed E-state index contributed by atoms with van der Waals surface area (Å²) in [5.74, 6) is -9.93. The lowest BCUT2D eigenvalue weighted by Crippen LogP contribution is -2.61. The first kappa shape index (κ1) is 54.5. The number of carbonyl (C=O) groups is 11. The fourth-order valence-electron chi connectivity index (χ4n) is 7.85. The van der Waals surface area contributed by atoms with Gasteiger partial charge >= 0.3 is 0 Å². The molecule has 1 aromatic rings. The largest absolute Gasteiger partial charge is 0.508 e. The Kier molecular flexibility index (Phi) is 20.7. The van der Waals surface area contributed by atoms with Crippen molar-refractivity contribution in [3.8, 4) is 5.75 Å². The number of aromatic hydroxyl groups is 1. The molecule has 24 nitrogen and oxygen atoms in total. The second kappa shape index (κ2) is 25.8. The normalized spacial score (nSPS) is 26.2. The van der Waals surface area contributed by atoms with Crippen molar-refractivity contribution in [3.05, 3.63) is 29.8 Å². The first-order valence-corrected chi connectivity index (χ1v) is 24.7. The number of phenolic OH excluding ortho intramolecular Hbond substituents is 1. The second-order valence-electron chi connectivity index (χ2n) is 16.9. The van der Waals surface area contributed by atoms with Crippen LogP contribution in [0.15, 0.2) is 24.3 Å². The Balaban J connectivity index is 1.69. The molecule has 0 aromatic heterocycles. The molecule has 11 amide bonds. The summed E-state index contributed by atoms with van der Waals surface area (Å²) in [5.41, 5.74) is 22.9. The molecule has 3 aliphatic rings. The van der Waals surface area contributed by atoms with Gasteiger partial charge in [-0.25, -0.2) is 0 Å². The molecule has 1 aromatic carbocycles. The van der Waals surface area contributed by atoms with Crippen LogP contribution in [0.1, 0.15) is 70.8 Å². The molecule has 3 fully saturated rings. The van der Waals surface area contributed by atoms with Crippen molar-refractivity contribution in [1.82, 2.24) is 41.7 Å². The average molecular weight is 991 g/mol. The molecule has 68 heavy (non-hydrogen) atoms. The molecule has 3 heterocycles. The molecule has 26 heteroatoms. The van der Waals surface area contributed by atoms with Crippen LogP contribution in [-0.2, 0) is 59.2 Å². The molecule has 0 radical (unpaired) electrons. The molecular formula is C42H62N12O12S2. The van der Waals surface area contributed by atoms with E-state index in [0.29, 0.717) is 31.2 Å². The van der Waals surface area contributed by atoms with Gasteiger partial charge in [0.25, 0.3) is 0 Å². The summed E-state index contributed by atoms with van der Waals surface area (Å²) in [5, 5.41) is 25.1. The number of nitrogens with zero attached hydrogens (tertiary/aromatic N) is 2. The first-order valence-electron chi connectivity index (χ1n) is 22.2. The third-order valence-electron chi connectivity index (χ3n) is 11.8. The van der Waals surface area contributed by atoms with Crippen molar-refractivity contribution in [2.24, 2.45) is 28.9 Å². The van der Waals surface area contributed by atoms with Gasteiger partial charge in [0.2, 0.25) is 65.0 Å². The van der Waals surface area contributed by atoms with Crippen molar-refractivity contribution in [3.63, 3.8) is 0 Å². The SMILES string of the molecule is CC[C@H](C)[C@@H]1NC(=O)[C@H](Cc2ccc(O)cc2)NC(=O)[C@@H](N)CSSC[C@@H](C(=O)N2CCC[C@H]2C(=O)N2CCC[C@H]2C(=O)NCC(N)=O)NC(=O)[C@H](CC(N)=O)NC(=O)[C@H](CCC(N)=O)NC1=O. The van der Waals surface area contributed by atoms with Crippen molar-refractivity contribution in [2.45, 2.75) is 120 Å². The third-order valence-corrected chi connectivity index (χ3v) is 14.2. The molecule has 0 spiro atoms. The summed E-state index contributed by atoms with van der Waals surface area (Å²) in [4.78, 5) is 150. The van der Waals surface area contributed by atoms with Gasteiger partial charge in [0.05, 0.1) is 19.0 Å². The van der Waals surface area contributed by atoms with Crippen LogP contribution in [0.25, 0.3) is 0 Å². The Bertz CT molecular complexity index is 2070. The number of primary amides is 3. The molecule has 0 aliphatic carbocycles. The van der Waals surface area contributed by atoms with Gasteiger partial charge in [-0.1, -0.05) is 54.0 Å². The number of likely N-dealkylation sites (tertiary alicyclic amines) is 2. The lowest BCUT2D eigenvalue weighted by atomic mass is 9.96. The minimum absolute atomic E-state index is 0.0440. The Labute approximate surface area is 400 Å². The highest BCUT2D eigenvalue weighted by atomic mass is 33.1. The van der Waals surface area contributed by atoms with Gasteiger partial charge in [0.15, 0.2) is 0 Å². The minimum atomic E-state index is -1.74. The van der Waals surface area contributed by atoms with Crippen LogP contribution in [-0.4, -0.2) is 159 Å². The van der Waals surface area contributed by atoms with Crippen LogP contribution in [0.3, 0.4) is 0 Å². The minimum Gasteiger partial charge on any atom is -0.508 e. The van der Waals surface area contributed by atoms with Gasteiger partial charge in [0.1, 0.15) is 48.0 Å². The predicted molar refractivity (Wildman–Crippen MR) is 248 cm³/mol. The fraction of sp³-hybridized carbons (Fsp3) is 0.595. The Hall–Kier alpha value is -6.15. The van der Waals surface area contributed by atoms with E-state index in [1.54, 1.807) is 13.8 Å². The van der Waals surface area contributed by atoms with E-state index in [-0.39, 0.29) is 49.6 Å². The molecule has 15 N–H and O–H groups in total. The van der Waals surface area contributed by atoms with E-state index in [0.717, 1.165) is 21.6 Å². The summed E-state index contributed by atoms with van der Waals surface area (Å²) in [6, 6.07) is -4.74. The maximum absolute atomic E-state index is 14.5. The average Bonchev–Trinajstić information content (AvgIpc) is 4.00. The van der Waals surface area contributed by atoms with E-state index in [2.05, 4.69) is 31.9 Å². The van der Waals surface area contributed by atoms with Crippen molar-refractivity contribution >= 4 is 86.6 Å². The van der Waals surface area contributed by atoms with Crippen molar-refractivity contribution in [2.75, 3.05) is 31.1 Å². The zero-order valence-electron chi connectivity index (χ0n) is 37.9. The summed E-state index contributed by atoms with van der Waals surface area (Å²) in [6.45, 7) is 3.24. The van der Waals surface area contributed by atoms with Crippen LogP contribution >= 0.6 is 21.6 Å². The maximum atomic E-state index is 14.5. The van der Waals surface area contributed by atoms with Gasteiger partial charge in [-0.3, -0.25) is 52.7 Å². The second-order valence-corrected chi connectivity index (χ2v) is 19.5. The molecule has 0 bridgehead atoms. The third kappa shape index (κ3) is 15.7. The summed E-state index contributed by atoms with van der Waals surface area (Å²) in [7, 11) is 2.07. The quantitative estimate of drug-likeness (QED) is 0.0789. The molecular weight excluding hydrogens is 929 g/mol. The highest BCUT2D eigenvalue weighted by Gasteiger charge is 2.44. The molecule has 4 rings (SSSR count). The van der Waals surface area contributed by atoms with E-state index >= 15 is 0 Å². The molecule has 3 saturated heterocycles. The predicted octanol–water partition coefficient (Wildman–Crippen LogP) is -4.15. The standard InChI is InChI=1S/C42H62N12O12S2/c1-3-21(2)34-40(64)48-25(12-13-31(44)56)36(60)50-27(17-32(45)57)37(61)51-28(20-68-67-19-24(43)35(59)49-26(38(62)52-34)16-22-8-10-23(55)11-9-22)41(65)54-15-5-7-30(54)42(66)53-14-4-6-29(53)39(63)47-18-33(46)58/h8-11,21,24-30,34,55H,3-7,12-20,43H2,1-2H3,(H2,44,56)(H2,45,57)(H2,46,58)(H,47,63)(H,48,64)(H,49,59)(H,50,60)(H,51,61)(H,52,62)/t21-,24-,25-,26-,27-,28-,29-,30-,34-/m0/s1. The van der Waals surface area contributed by atoms with E-state index in [1.165, 1.54) is 34.1 Å². The topological polar surface area (TPSA) is 391 Å². The number of nitrogens with one attached hydrogen (secondary N) is 6. The van der Waals surface area contributed by atoms with Gasteiger partial charge in [-0.15, -0.1) is 0 Å².